The Morgan fingerprint density at radius 1 is 1.06 bits per heavy atom. The molecule has 0 aliphatic heterocycles. The predicted molar refractivity (Wildman–Crippen MR) is 72.3 cm³/mol. The van der Waals surface area contributed by atoms with Crippen LogP contribution >= 0.6 is 0 Å². The van der Waals surface area contributed by atoms with Crippen LogP contribution in [0.5, 0.6) is 0 Å². The van der Waals surface area contributed by atoms with Crippen molar-refractivity contribution in [3.63, 3.8) is 0 Å². The average Bonchev–Trinajstić information content (AvgIpc) is 2.28. The number of hydrogen-bond donors (Lipinski definition) is 4. The van der Waals surface area contributed by atoms with Crippen LogP contribution in [0.4, 0.5) is 4.79 Å². The van der Waals surface area contributed by atoms with Gasteiger partial charge in [0.15, 0.2) is 0 Å². The van der Waals surface area contributed by atoms with Crippen molar-refractivity contribution in [1.29, 1.82) is 0 Å². The summed E-state index contributed by atoms with van der Waals surface area (Å²) < 4.78 is 0. The minimum absolute atomic E-state index is 0.0333. The van der Waals surface area contributed by atoms with Crippen LogP contribution in [-0.2, 0) is 0 Å². The number of carbonyl (C=O) groups excluding carboxylic acids is 1. The first-order chi connectivity index (χ1) is 8.08. The third-order valence-electron chi connectivity index (χ3n) is 2.70. The van der Waals surface area contributed by atoms with E-state index >= 15 is 0 Å². The predicted octanol–water partition coefficient (Wildman–Crippen LogP) is 0.531. The van der Waals surface area contributed by atoms with Gasteiger partial charge in [-0.2, -0.15) is 0 Å². The summed E-state index contributed by atoms with van der Waals surface area (Å²) in [5.41, 5.74) is 0.0333. The van der Waals surface area contributed by atoms with E-state index in [4.69, 9.17) is 0 Å². The average molecular weight is 244 g/mol. The van der Waals surface area contributed by atoms with Gasteiger partial charge in [-0.25, -0.2) is 4.79 Å². The summed E-state index contributed by atoms with van der Waals surface area (Å²) in [7, 11) is 3.85. The maximum atomic E-state index is 11.5. The van der Waals surface area contributed by atoms with Gasteiger partial charge in [-0.05, 0) is 20.5 Å². The molecule has 0 fully saturated rings. The van der Waals surface area contributed by atoms with E-state index in [9.17, 15) is 4.79 Å². The van der Waals surface area contributed by atoms with Crippen molar-refractivity contribution < 1.29 is 4.79 Å². The van der Waals surface area contributed by atoms with Crippen molar-refractivity contribution in [1.82, 2.24) is 21.3 Å². The van der Waals surface area contributed by atoms with Crippen LogP contribution in [0, 0.1) is 5.41 Å². The van der Waals surface area contributed by atoms with Gasteiger partial charge < -0.3 is 21.3 Å². The molecule has 5 nitrogen and oxygen atoms in total. The van der Waals surface area contributed by atoms with Crippen LogP contribution in [0.2, 0.25) is 0 Å². The molecule has 0 aliphatic carbocycles. The molecule has 0 radical (unpaired) electrons. The lowest BCUT2D eigenvalue weighted by Gasteiger charge is -2.29. The fourth-order valence-corrected chi connectivity index (χ4v) is 1.78. The van der Waals surface area contributed by atoms with Gasteiger partial charge in [0.25, 0.3) is 0 Å². The lowest BCUT2D eigenvalue weighted by Crippen LogP contribution is -2.49. The van der Waals surface area contributed by atoms with Crippen molar-refractivity contribution in [2.24, 2.45) is 5.41 Å². The van der Waals surface area contributed by atoms with Gasteiger partial charge >= 0.3 is 6.03 Å². The van der Waals surface area contributed by atoms with Gasteiger partial charge in [0.05, 0.1) is 0 Å². The van der Waals surface area contributed by atoms with Crippen molar-refractivity contribution >= 4 is 6.03 Å². The van der Waals surface area contributed by atoms with E-state index in [-0.39, 0.29) is 11.4 Å². The van der Waals surface area contributed by atoms with Crippen LogP contribution in [0.3, 0.4) is 0 Å². The van der Waals surface area contributed by atoms with Crippen LogP contribution in [0.25, 0.3) is 0 Å². The molecule has 4 N–H and O–H groups in total. The molecule has 0 aromatic rings. The molecule has 0 saturated heterocycles. The Morgan fingerprint density at radius 2 is 1.65 bits per heavy atom. The van der Waals surface area contributed by atoms with Crippen LogP contribution in [0.1, 0.15) is 26.7 Å². The summed E-state index contributed by atoms with van der Waals surface area (Å²) in [6, 6.07) is -0.0723. The number of hydrogen-bond acceptors (Lipinski definition) is 3. The van der Waals surface area contributed by atoms with Gasteiger partial charge in [0.2, 0.25) is 0 Å². The number of amides is 2. The number of unbranched alkanes of at least 4 members (excludes halogenated alkanes) is 1. The molecule has 0 saturated carbocycles. The van der Waals surface area contributed by atoms with E-state index in [0.29, 0.717) is 6.54 Å². The second kappa shape index (κ2) is 9.24. The zero-order chi connectivity index (χ0) is 13.1. The maximum Gasteiger partial charge on any atom is 0.314 e. The minimum Gasteiger partial charge on any atom is -0.338 e. The molecule has 0 aliphatic rings. The van der Waals surface area contributed by atoms with E-state index in [0.717, 1.165) is 32.5 Å². The summed E-state index contributed by atoms with van der Waals surface area (Å²) >= 11 is 0. The molecule has 5 heteroatoms. The van der Waals surface area contributed by atoms with Gasteiger partial charge in [-0.1, -0.05) is 20.3 Å². The van der Waals surface area contributed by atoms with Gasteiger partial charge in [-0.3, -0.25) is 0 Å². The van der Waals surface area contributed by atoms with E-state index < -0.39 is 0 Å². The first-order valence-electron chi connectivity index (χ1n) is 6.39. The number of urea groups is 1. The summed E-state index contributed by atoms with van der Waals surface area (Å²) in [5, 5.41) is 12.1. The molecule has 2 amide bonds. The van der Waals surface area contributed by atoms with Crippen LogP contribution in [0.15, 0.2) is 0 Å². The molecule has 0 rings (SSSR count). The first-order valence-corrected chi connectivity index (χ1v) is 6.39. The second-order valence-corrected chi connectivity index (χ2v) is 4.83. The third-order valence-corrected chi connectivity index (χ3v) is 2.70. The molecule has 17 heavy (non-hydrogen) atoms. The fourth-order valence-electron chi connectivity index (χ4n) is 1.78. The normalized spacial score (nSPS) is 11.3. The molecule has 0 spiro atoms. The fraction of sp³-hybridized carbons (Fsp3) is 0.917. The lowest BCUT2D eigenvalue weighted by atomic mass is 9.90. The smallest absolute Gasteiger partial charge is 0.314 e. The van der Waals surface area contributed by atoms with Crippen LogP contribution < -0.4 is 21.3 Å². The zero-order valence-electron chi connectivity index (χ0n) is 11.7. The zero-order valence-corrected chi connectivity index (χ0v) is 11.7. The standard InChI is InChI=1S/C12H28N4O/c1-5-6-7-15-11(17)16-10-12(2,8-13-3)9-14-4/h13-14H,5-10H2,1-4H3,(H2,15,16,17). The quantitative estimate of drug-likeness (QED) is 0.447. The monoisotopic (exact) mass is 244 g/mol. The molecule has 102 valence electrons. The summed E-state index contributed by atoms with van der Waals surface area (Å²) in [4.78, 5) is 11.5. The van der Waals surface area contributed by atoms with Crippen molar-refractivity contribution in [3.8, 4) is 0 Å². The number of carbonyl (C=O) groups is 1. The van der Waals surface area contributed by atoms with E-state index in [1.165, 1.54) is 0 Å². The third kappa shape index (κ3) is 7.99. The first kappa shape index (κ1) is 16.2. The van der Waals surface area contributed by atoms with E-state index in [2.05, 4.69) is 35.1 Å². The Kier molecular flexibility index (Phi) is 8.80. The highest BCUT2D eigenvalue weighted by Crippen LogP contribution is 2.11. The molecule has 0 atom stereocenters. The van der Waals surface area contributed by atoms with E-state index in [1.807, 2.05) is 14.1 Å². The number of nitrogens with one attached hydrogen (secondary N) is 4. The van der Waals surface area contributed by atoms with E-state index in [1.54, 1.807) is 0 Å². The summed E-state index contributed by atoms with van der Waals surface area (Å²) in [5.74, 6) is 0. The summed E-state index contributed by atoms with van der Waals surface area (Å²) in [6.07, 6.45) is 2.12. The molecular formula is C12H28N4O. The van der Waals surface area contributed by atoms with Crippen molar-refractivity contribution in [2.75, 3.05) is 40.3 Å². The molecule has 0 aromatic carbocycles. The van der Waals surface area contributed by atoms with Gasteiger partial charge in [0.1, 0.15) is 0 Å². The highest BCUT2D eigenvalue weighted by atomic mass is 16.2. The summed E-state index contributed by atoms with van der Waals surface area (Å²) in [6.45, 7) is 7.39. The van der Waals surface area contributed by atoms with Gasteiger partial charge in [0, 0.05) is 31.6 Å². The lowest BCUT2D eigenvalue weighted by molar-refractivity contribution is 0.229. The van der Waals surface area contributed by atoms with Crippen LogP contribution in [-0.4, -0.2) is 46.3 Å². The SMILES string of the molecule is CCCCNC(=O)NCC(C)(CNC)CNC. The molecule has 0 aromatic heterocycles. The molecule has 0 bridgehead atoms. The molecular weight excluding hydrogens is 216 g/mol. The second-order valence-electron chi connectivity index (χ2n) is 4.83. The highest BCUT2D eigenvalue weighted by Gasteiger charge is 2.23. The van der Waals surface area contributed by atoms with Crippen molar-refractivity contribution in [3.05, 3.63) is 0 Å². The molecule has 0 heterocycles. The van der Waals surface area contributed by atoms with Crippen molar-refractivity contribution in [2.45, 2.75) is 26.7 Å². The number of rotatable bonds is 9. The largest absolute Gasteiger partial charge is 0.338 e. The topological polar surface area (TPSA) is 65.2 Å². The Balaban J connectivity index is 3.90. The Morgan fingerprint density at radius 3 is 2.12 bits per heavy atom. The Bertz CT molecular complexity index is 203. The Hall–Kier alpha value is -0.810. The Labute approximate surface area is 105 Å². The maximum absolute atomic E-state index is 11.5. The minimum atomic E-state index is -0.0723. The molecule has 0 unspecified atom stereocenters. The highest BCUT2D eigenvalue weighted by molar-refractivity contribution is 5.73. The van der Waals surface area contributed by atoms with Gasteiger partial charge in [-0.15, -0.1) is 0 Å².